The summed E-state index contributed by atoms with van der Waals surface area (Å²) < 4.78 is 56.7. The van der Waals surface area contributed by atoms with E-state index in [-0.39, 0.29) is 16.9 Å². The monoisotopic (exact) mass is 432 g/mol. The molecule has 0 atom stereocenters. The number of hydrogen-bond donors (Lipinski definition) is 2. The fourth-order valence-electron chi connectivity index (χ4n) is 2.83. The predicted molar refractivity (Wildman–Crippen MR) is 107 cm³/mol. The molecule has 0 aliphatic rings. The summed E-state index contributed by atoms with van der Waals surface area (Å²) in [5.74, 6) is -1.29. The molecule has 0 radical (unpaired) electrons. The highest BCUT2D eigenvalue weighted by atomic mass is 19.4. The molecule has 0 aliphatic carbocycles. The Kier molecular flexibility index (Phi) is 6.24. The molecule has 2 N–H and O–H groups in total. The molecule has 5 nitrogen and oxygen atoms in total. The molecule has 0 heterocycles. The lowest BCUT2D eigenvalue weighted by atomic mass is 9.98. The van der Waals surface area contributed by atoms with E-state index in [1.807, 2.05) is 0 Å². The summed E-state index contributed by atoms with van der Waals surface area (Å²) in [7, 11) is 1.12. The van der Waals surface area contributed by atoms with E-state index in [2.05, 4.69) is 15.4 Å². The third-order valence-corrected chi connectivity index (χ3v) is 4.34. The minimum absolute atomic E-state index is 0.194. The Bertz CT molecular complexity index is 1110. The Morgan fingerprint density at radius 3 is 2.23 bits per heavy atom. The van der Waals surface area contributed by atoms with Gasteiger partial charge in [-0.15, -0.1) is 0 Å². The number of carbonyl (C=O) groups excluding carboxylic acids is 2. The summed E-state index contributed by atoms with van der Waals surface area (Å²) in [6.07, 6.45) is -5.34. The van der Waals surface area contributed by atoms with Crippen molar-refractivity contribution in [2.45, 2.75) is 6.18 Å². The Morgan fingerprint density at radius 2 is 1.58 bits per heavy atom. The van der Waals surface area contributed by atoms with E-state index in [4.69, 9.17) is 0 Å². The first-order valence-electron chi connectivity index (χ1n) is 8.91. The van der Waals surface area contributed by atoms with Crippen molar-refractivity contribution in [1.29, 1.82) is 0 Å². The van der Waals surface area contributed by atoms with Crippen molar-refractivity contribution in [1.82, 2.24) is 0 Å². The maximum absolute atomic E-state index is 13.9. The summed E-state index contributed by atoms with van der Waals surface area (Å²) in [5, 5.41) is 4.77. The van der Waals surface area contributed by atoms with Gasteiger partial charge in [0.1, 0.15) is 5.82 Å². The van der Waals surface area contributed by atoms with Gasteiger partial charge >= 0.3 is 12.3 Å². The Labute approximate surface area is 174 Å². The summed E-state index contributed by atoms with van der Waals surface area (Å²) in [6, 6.07) is 14.4. The Balaban J connectivity index is 1.87. The number of anilines is 2. The van der Waals surface area contributed by atoms with Crippen LogP contribution in [0.5, 0.6) is 0 Å². The van der Waals surface area contributed by atoms with Crippen LogP contribution < -0.4 is 10.6 Å². The van der Waals surface area contributed by atoms with Crippen molar-refractivity contribution in [2.75, 3.05) is 17.7 Å². The van der Waals surface area contributed by atoms with Crippen LogP contribution in [0, 0.1) is 5.82 Å². The van der Waals surface area contributed by atoms with Gasteiger partial charge in [0, 0.05) is 11.3 Å². The predicted octanol–water partition coefficient (Wildman–Crippen LogP) is 5.94. The number of benzene rings is 3. The molecule has 3 aromatic rings. The zero-order valence-electron chi connectivity index (χ0n) is 16.1. The molecule has 0 aromatic heterocycles. The van der Waals surface area contributed by atoms with Crippen LogP contribution in [0.2, 0.25) is 0 Å². The molecule has 0 spiro atoms. The number of alkyl halides is 3. The van der Waals surface area contributed by atoms with E-state index in [0.717, 1.165) is 25.3 Å². The third-order valence-electron chi connectivity index (χ3n) is 4.34. The van der Waals surface area contributed by atoms with E-state index in [1.165, 1.54) is 30.3 Å². The Hall–Kier alpha value is -3.88. The van der Waals surface area contributed by atoms with Crippen LogP contribution in [0.15, 0.2) is 66.7 Å². The van der Waals surface area contributed by atoms with Crippen molar-refractivity contribution < 1.29 is 31.9 Å². The summed E-state index contributed by atoms with van der Waals surface area (Å²) in [4.78, 5) is 24.1. The van der Waals surface area contributed by atoms with Crippen LogP contribution in [0.4, 0.5) is 33.7 Å². The zero-order chi connectivity index (χ0) is 22.6. The molecule has 2 amide bonds. The summed E-state index contributed by atoms with van der Waals surface area (Å²) in [5.41, 5.74) is 0.250. The standard InChI is InChI=1S/C22H16F4N2O3/c1-31-21(30)28-19-12-15(10-11-18(19)23)27-20(29)17-5-3-2-4-16(17)13-6-8-14(9-7-13)22(24,25)26/h2-12H,1H3,(H,27,29)(H,28,30). The number of ether oxygens (including phenoxy) is 1. The van der Waals surface area contributed by atoms with Gasteiger partial charge in [-0.1, -0.05) is 30.3 Å². The molecule has 0 fully saturated rings. The molecular weight excluding hydrogens is 416 g/mol. The summed E-state index contributed by atoms with van der Waals surface area (Å²) >= 11 is 0. The van der Waals surface area contributed by atoms with Crippen molar-refractivity contribution >= 4 is 23.4 Å². The lowest BCUT2D eigenvalue weighted by Crippen LogP contribution is -2.15. The first-order valence-corrected chi connectivity index (χ1v) is 8.91. The molecule has 31 heavy (non-hydrogen) atoms. The number of halogens is 4. The van der Waals surface area contributed by atoms with E-state index in [1.54, 1.807) is 18.2 Å². The highest BCUT2D eigenvalue weighted by molar-refractivity contribution is 6.09. The van der Waals surface area contributed by atoms with Gasteiger partial charge in [-0.25, -0.2) is 9.18 Å². The van der Waals surface area contributed by atoms with Gasteiger partial charge in [-0.05, 0) is 47.5 Å². The molecular formula is C22H16F4N2O3. The van der Waals surface area contributed by atoms with Crippen LogP contribution in [0.25, 0.3) is 11.1 Å². The van der Waals surface area contributed by atoms with Gasteiger partial charge in [-0.2, -0.15) is 13.2 Å². The minimum Gasteiger partial charge on any atom is -0.453 e. The number of methoxy groups -OCH3 is 1. The van der Waals surface area contributed by atoms with Gasteiger partial charge in [-0.3, -0.25) is 10.1 Å². The number of carbonyl (C=O) groups is 2. The lowest BCUT2D eigenvalue weighted by molar-refractivity contribution is -0.137. The summed E-state index contributed by atoms with van der Waals surface area (Å²) in [6.45, 7) is 0. The van der Waals surface area contributed by atoms with Crippen molar-refractivity contribution in [3.8, 4) is 11.1 Å². The largest absolute Gasteiger partial charge is 0.453 e. The van der Waals surface area contributed by atoms with Crippen LogP contribution in [0.1, 0.15) is 15.9 Å². The van der Waals surface area contributed by atoms with Crippen LogP contribution >= 0.6 is 0 Å². The Morgan fingerprint density at radius 1 is 0.903 bits per heavy atom. The first-order chi connectivity index (χ1) is 14.7. The maximum Gasteiger partial charge on any atom is 0.416 e. The highest BCUT2D eigenvalue weighted by Crippen LogP contribution is 2.32. The second-order valence-corrected chi connectivity index (χ2v) is 6.39. The van der Waals surface area contributed by atoms with Crippen molar-refractivity contribution in [3.63, 3.8) is 0 Å². The van der Waals surface area contributed by atoms with E-state index in [9.17, 15) is 27.2 Å². The molecule has 3 aromatic carbocycles. The molecule has 0 unspecified atom stereocenters. The second kappa shape index (κ2) is 8.86. The molecule has 0 bridgehead atoms. The number of rotatable bonds is 4. The highest BCUT2D eigenvalue weighted by Gasteiger charge is 2.30. The zero-order valence-corrected chi connectivity index (χ0v) is 16.1. The van der Waals surface area contributed by atoms with E-state index in [0.29, 0.717) is 11.1 Å². The average molecular weight is 432 g/mol. The van der Waals surface area contributed by atoms with Gasteiger partial charge in [0.2, 0.25) is 0 Å². The second-order valence-electron chi connectivity index (χ2n) is 6.39. The molecule has 3 rings (SSSR count). The van der Waals surface area contributed by atoms with E-state index >= 15 is 0 Å². The van der Waals surface area contributed by atoms with Crippen molar-refractivity contribution in [3.05, 3.63) is 83.7 Å². The molecule has 9 heteroatoms. The molecule has 0 saturated carbocycles. The van der Waals surface area contributed by atoms with Gasteiger partial charge in [0.05, 0.1) is 18.4 Å². The lowest BCUT2D eigenvalue weighted by Gasteiger charge is -2.13. The normalized spacial score (nSPS) is 11.0. The van der Waals surface area contributed by atoms with Gasteiger partial charge < -0.3 is 10.1 Å². The fourth-order valence-corrected chi connectivity index (χ4v) is 2.83. The van der Waals surface area contributed by atoms with Crippen molar-refractivity contribution in [2.24, 2.45) is 0 Å². The molecule has 160 valence electrons. The smallest absolute Gasteiger partial charge is 0.416 e. The average Bonchev–Trinajstić information content (AvgIpc) is 2.75. The van der Waals surface area contributed by atoms with E-state index < -0.39 is 29.6 Å². The fraction of sp³-hybridized carbons (Fsp3) is 0.0909. The number of nitrogens with one attached hydrogen (secondary N) is 2. The topological polar surface area (TPSA) is 67.4 Å². The SMILES string of the molecule is COC(=O)Nc1cc(NC(=O)c2ccccc2-c2ccc(C(F)(F)F)cc2)ccc1F. The third kappa shape index (κ3) is 5.19. The van der Waals surface area contributed by atoms with Gasteiger partial charge in [0.15, 0.2) is 0 Å². The minimum atomic E-state index is -4.46. The van der Waals surface area contributed by atoms with Crippen LogP contribution in [-0.4, -0.2) is 19.1 Å². The number of hydrogen-bond acceptors (Lipinski definition) is 3. The quantitative estimate of drug-likeness (QED) is 0.501. The van der Waals surface area contributed by atoms with Crippen LogP contribution in [0.3, 0.4) is 0 Å². The number of amides is 2. The molecule has 0 saturated heterocycles. The first kappa shape index (κ1) is 21.8. The maximum atomic E-state index is 13.9. The van der Waals surface area contributed by atoms with Crippen LogP contribution in [-0.2, 0) is 10.9 Å². The van der Waals surface area contributed by atoms with Gasteiger partial charge in [0.25, 0.3) is 5.91 Å². The molecule has 0 aliphatic heterocycles.